The molecule has 2 aromatic rings. The van der Waals surface area contributed by atoms with Gasteiger partial charge in [-0.15, -0.1) is 6.42 Å². The average molecular weight is 375 g/mol. The lowest BCUT2D eigenvalue weighted by atomic mass is 10.0. The van der Waals surface area contributed by atoms with E-state index in [1.807, 2.05) is 0 Å². The molecule has 0 unspecified atom stereocenters. The third kappa shape index (κ3) is 4.59. The molecule has 0 saturated heterocycles. The van der Waals surface area contributed by atoms with Crippen molar-refractivity contribution in [2.45, 2.75) is 18.9 Å². The highest BCUT2D eigenvalue weighted by molar-refractivity contribution is 5.94. The number of hydrogen-bond donors (Lipinski definition) is 0. The number of furan rings is 1. The van der Waals surface area contributed by atoms with E-state index in [2.05, 4.69) is 5.92 Å². The molecule has 1 amide bonds. The Morgan fingerprint density at radius 3 is 2.08 bits per heavy atom. The first-order valence-corrected chi connectivity index (χ1v) is 7.07. The summed E-state index contributed by atoms with van der Waals surface area (Å²) in [6.07, 6.45) is -3.65. The molecular formula is C17H11F6NO2. The second-order valence-corrected chi connectivity index (χ2v) is 5.24. The topological polar surface area (TPSA) is 33.5 Å². The van der Waals surface area contributed by atoms with Gasteiger partial charge in [0, 0.05) is 5.56 Å². The van der Waals surface area contributed by atoms with Crippen molar-refractivity contribution in [2.75, 3.05) is 6.54 Å². The summed E-state index contributed by atoms with van der Waals surface area (Å²) in [5, 5.41) is 0. The zero-order chi connectivity index (χ0) is 19.5. The molecule has 0 aliphatic heterocycles. The van der Waals surface area contributed by atoms with Crippen LogP contribution in [0.4, 0.5) is 26.3 Å². The fourth-order valence-electron chi connectivity index (χ4n) is 2.16. The molecule has 0 fully saturated rings. The van der Waals surface area contributed by atoms with E-state index in [0.29, 0.717) is 12.1 Å². The van der Waals surface area contributed by atoms with E-state index in [1.165, 1.54) is 18.4 Å². The van der Waals surface area contributed by atoms with Crippen molar-refractivity contribution in [2.24, 2.45) is 0 Å². The molecule has 26 heavy (non-hydrogen) atoms. The van der Waals surface area contributed by atoms with Gasteiger partial charge in [-0.05, 0) is 30.3 Å². The van der Waals surface area contributed by atoms with Gasteiger partial charge in [-0.3, -0.25) is 4.79 Å². The van der Waals surface area contributed by atoms with E-state index in [4.69, 9.17) is 10.8 Å². The molecule has 9 heteroatoms. The van der Waals surface area contributed by atoms with Crippen LogP contribution in [0.15, 0.2) is 41.0 Å². The molecule has 1 heterocycles. The van der Waals surface area contributed by atoms with Crippen LogP contribution < -0.4 is 0 Å². The lowest BCUT2D eigenvalue weighted by Gasteiger charge is -2.21. The first-order chi connectivity index (χ1) is 12.0. The number of amides is 1. The van der Waals surface area contributed by atoms with Gasteiger partial charge in [0.2, 0.25) is 0 Å². The molecule has 0 bridgehead atoms. The van der Waals surface area contributed by atoms with E-state index < -0.39 is 35.0 Å². The number of carbonyl (C=O) groups is 1. The van der Waals surface area contributed by atoms with Crippen molar-refractivity contribution in [3.05, 3.63) is 59.0 Å². The van der Waals surface area contributed by atoms with Gasteiger partial charge in [0.1, 0.15) is 5.76 Å². The summed E-state index contributed by atoms with van der Waals surface area (Å²) < 4.78 is 82.5. The molecule has 1 aromatic heterocycles. The zero-order valence-corrected chi connectivity index (χ0v) is 13.0. The second kappa shape index (κ2) is 7.15. The SMILES string of the molecule is C#CCN(Cc1ccco1)C(=O)c1cc(C(F)(F)F)cc(C(F)(F)F)c1. The van der Waals surface area contributed by atoms with Crippen molar-refractivity contribution in [3.63, 3.8) is 0 Å². The summed E-state index contributed by atoms with van der Waals surface area (Å²) in [5.74, 6) is 1.34. The minimum Gasteiger partial charge on any atom is -0.467 e. The molecule has 0 spiro atoms. The molecule has 1 aromatic carbocycles. The molecule has 0 atom stereocenters. The van der Waals surface area contributed by atoms with Crippen molar-refractivity contribution in [3.8, 4) is 12.3 Å². The Morgan fingerprint density at radius 2 is 1.65 bits per heavy atom. The Bertz CT molecular complexity index is 783. The van der Waals surface area contributed by atoms with E-state index >= 15 is 0 Å². The lowest BCUT2D eigenvalue weighted by Crippen LogP contribution is -2.31. The number of terminal acetylenes is 1. The molecule has 0 N–H and O–H groups in total. The van der Waals surface area contributed by atoms with Crippen LogP contribution >= 0.6 is 0 Å². The molecule has 0 aliphatic carbocycles. The average Bonchev–Trinajstić information content (AvgIpc) is 3.05. The Hall–Kier alpha value is -2.89. The van der Waals surface area contributed by atoms with Gasteiger partial charge >= 0.3 is 12.4 Å². The summed E-state index contributed by atoms with van der Waals surface area (Å²) in [4.78, 5) is 13.4. The van der Waals surface area contributed by atoms with Gasteiger partial charge in [0.25, 0.3) is 5.91 Å². The monoisotopic (exact) mass is 375 g/mol. The minimum atomic E-state index is -5.05. The molecule has 0 aliphatic rings. The Labute approximate surface area is 144 Å². The van der Waals surface area contributed by atoms with Crippen LogP contribution in [0, 0.1) is 12.3 Å². The fourth-order valence-corrected chi connectivity index (χ4v) is 2.16. The Morgan fingerprint density at radius 1 is 1.08 bits per heavy atom. The van der Waals surface area contributed by atoms with Gasteiger partial charge in [-0.1, -0.05) is 5.92 Å². The van der Waals surface area contributed by atoms with Crippen LogP contribution in [-0.2, 0) is 18.9 Å². The van der Waals surface area contributed by atoms with Crippen LogP contribution in [0.25, 0.3) is 0 Å². The van der Waals surface area contributed by atoms with E-state index in [9.17, 15) is 31.1 Å². The van der Waals surface area contributed by atoms with Crippen molar-refractivity contribution in [1.29, 1.82) is 0 Å². The van der Waals surface area contributed by atoms with Gasteiger partial charge < -0.3 is 9.32 Å². The minimum absolute atomic E-state index is 0.0468. The smallest absolute Gasteiger partial charge is 0.416 e. The predicted molar refractivity (Wildman–Crippen MR) is 78.7 cm³/mol. The Kier molecular flexibility index (Phi) is 5.35. The van der Waals surface area contributed by atoms with E-state index in [1.54, 1.807) is 0 Å². The summed E-state index contributed by atoms with van der Waals surface area (Å²) in [6.45, 7) is -0.523. The van der Waals surface area contributed by atoms with Crippen molar-refractivity contribution in [1.82, 2.24) is 4.90 Å². The van der Waals surface area contributed by atoms with E-state index in [-0.39, 0.29) is 24.9 Å². The van der Waals surface area contributed by atoms with Crippen LogP contribution in [0.3, 0.4) is 0 Å². The standard InChI is InChI=1S/C17H11F6NO2/c1-2-5-24(10-14-4-3-6-26-14)15(25)11-7-12(16(18,19)20)9-13(8-11)17(21,22)23/h1,3-4,6-9H,5,10H2. The maximum absolute atomic E-state index is 12.9. The van der Waals surface area contributed by atoms with Crippen molar-refractivity contribution >= 4 is 5.91 Å². The van der Waals surface area contributed by atoms with Gasteiger partial charge in [0.15, 0.2) is 0 Å². The number of nitrogens with zero attached hydrogens (tertiary/aromatic N) is 1. The maximum Gasteiger partial charge on any atom is 0.416 e. The normalized spacial score (nSPS) is 11.9. The predicted octanol–water partition coefficient (Wildman–Crippen LogP) is 4.59. The third-order valence-corrected chi connectivity index (χ3v) is 3.33. The quantitative estimate of drug-likeness (QED) is 0.578. The van der Waals surface area contributed by atoms with Crippen LogP contribution in [-0.4, -0.2) is 17.4 Å². The van der Waals surface area contributed by atoms with Crippen LogP contribution in [0.2, 0.25) is 0 Å². The summed E-state index contributed by atoms with van der Waals surface area (Å²) in [6, 6.07) is 3.69. The van der Waals surface area contributed by atoms with Gasteiger partial charge in [-0.2, -0.15) is 26.3 Å². The molecule has 0 saturated carbocycles. The van der Waals surface area contributed by atoms with Crippen LogP contribution in [0.5, 0.6) is 0 Å². The molecule has 3 nitrogen and oxygen atoms in total. The molecule has 0 radical (unpaired) electrons. The second-order valence-electron chi connectivity index (χ2n) is 5.24. The fraction of sp³-hybridized carbons (Fsp3) is 0.235. The van der Waals surface area contributed by atoms with Crippen LogP contribution in [0.1, 0.15) is 27.2 Å². The van der Waals surface area contributed by atoms with Gasteiger partial charge in [-0.25, -0.2) is 0 Å². The summed E-state index contributed by atoms with van der Waals surface area (Å²) in [7, 11) is 0. The molecule has 2 rings (SSSR count). The molecular weight excluding hydrogens is 364 g/mol. The highest BCUT2D eigenvalue weighted by atomic mass is 19.4. The number of rotatable bonds is 4. The number of benzene rings is 1. The molecule has 138 valence electrons. The van der Waals surface area contributed by atoms with Gasteiger partial charge in [0.05, 0.1) is 30.5 Å². The summed E-state index contributed by atoms with van der Waals surface area (Å²) in [5.41, 5.74) is -3.92. The summed E-state index contributed by atoms with van der Waals surface area (Å²) >= 11 is 0. The number of alkyl halides is 6. The number of hydrogen-bond acceptors (Lipinski definition) is 2. The third-order valence-electron chi connectivity index (χ3n) is 3.33. The Balaban J connectivity index is 2.46. The largest absolute Gasteiger partial charge is 0.467 e. The first kappa shape index (κ1) is 19.4. The number of carbonyl (C=O) groups excluding carboxylic acids is 1. The number of halogens is 6. The first-order valence-electron chi connectivity index (χ1n) is 7.07. The van der Waals surface area contributed by atoms with Crippen molar-refractivity contribution < 1.29 is 35.6 Å². The zero-order valence-electron chi connectivity index (χ0n) is 13.0. The lowest BCUT2D eigenvalue weighted by molar-refractivity contribution is -0.143. The highest BCUT2D eigenvalue weighted by Crippen LogP contribution is 2.36. The maximum atomic E-state index is 12.9. The highest BCUT2D eigenvalue weighted by Gasteiger charge is 2.37. The van der Waals surface area contributed by atoms with E-state index in [0.717, 1.165) is 4.90 Å².